The Morgan fingerprint density at radius 1 is 1.61 bits per heavy atom. The van der Waals surface area contributed by atoms with Gasteiger partial charge < -0.3 is 9.47 Å². The SMILES string of the molecule is CCOC(=O)/C(Cl)=N/Nc1ccc2c(c1)CCO2. The number of carbonyl (C=O) groups is 1. The number of benzene rings is 1. The van der Waals surface area contributed by atoms with Crippen LogP contribution >= 0.6 is 11.6 Å². The van der Waals surface area contributed by atoms with Crippen molar-refractivity contribution < 1.29 is 14.3 Å². The van der Waals surface area contributed by atoms with Gasteiger partial charge in [-0.1, -0.05) is 11.6 Å². The second-order valence-corrected chi connectivity index (χ2v) is 4.01. The molecule has 0 spiro atoms. The topological polar surface area (TPSA) is 59.9 Å². The van der Waals surface area contributed by atoms with E-state index in [-0.39, 0.29) is 11.8 Å². The predicted octanol–water partition coefficient (Wildman–Crippen LogP) is 2.15. The van der Waals surface area contributed by atoms with Gasteiger partial charge in [0.05, 0.1) is 18.9 Å². The van der Waals surface area contributed by atoms with Crippen LogP contribution in [-0.4, -0.2) is 24.4 Å². The highest BCUT2D eigenvalue weighted by Crippen LogP contribution is 2.27. The molecule has 1 aliphatic heterocycles. The number of nitrogens with one attached hydrogen (secondary N) is 1. The lowest BCUT2D eigenvalue weighted by Gasteiger charge is -2.04. The van der Waals surface area contributed by atoms with E-state index in [1.165, 1.54) is 0 Å². The Kier molecular flexibility index (Phi) is 4.04. The van der Waals surface area contributed by atoms with Crippen molar-refractivity contribution in [1.29, 1.82) is 0 Å². The Morgan fingerprint density at radius 3 is 3.22 bits per heavy atom. The lowest BCUT2D eigenvalue weighted by atomic mass is 10.1. The van der Waals surface area contributed by atoms with Crippen LogP contribution in [-0.2, 0) is 16.0 Å². The number of hydrogen-bond acceptors (Lipinski definition) is 5. The lowest BCUT2D eigenvalue weighted by Crippen LogP contribution is -2.13. The number of anilines is 1. The average molecular weight is 269 g/mol. The fourth-order valence-corrected chi connectivity index (χ4v) is 1.70. The summed E-state index contributed by atoms with van der Waals surface area (Å²) in [6, 6.07) is 5.59. The largest absolute Gasteiger partial charge is 0.493 e. The van der Waals surface area contributed by atoms with Crippen LogP contribution in [0, 0.1) is 0 Å². The van der Waals surface area contributed by atoms with Crippen LogP contribution in [0.1, 0.15) is 12.5 Å². The third-order valence-electron chi connectivity index (χ3n) is 2.42. The first-order valence-electron chi connectivity index (χ1n) is 5.62. The van der Waals surface area contributed by atoms with Crippen LogP contribution in [0.2, 0.25) is 0 Å². The molecule has 1 heterocycles. The summed E-state index contributed by atoms with van der Waals surface area (Å²) in [6.45, 7) is 2.67. The Hall–Kier alpha value is -1.75. The quantitative estimate of drug-likeness (QED) is 0.516. The van der Waals surface area contributed by atoms with Crippen molar-refractivity contribution in [1.82, 2.24) is 0 Å². The van der Waals surface area contributed by atoms with Crippen molar-refractivity contribution in [2.24, 2.45) is 5.10 Å². The third kappa shape index (κ3) is 2.92. The normalized spacial score (nSPS) is 13.8. The van der Waals surface area contributed by atoms with Crippen LogP contribution in [0.3, 0.4) is 0 Å². The van der Waals surface area contributed by atoms with Gasteiger partial charge in [-0.2, -0.15) is 5.10 Å². The molecule has 18 heavy (non-hydrogen) atoms. The highest BCUT2D eigenvalue weighted by Gasteiger charge is 2.12. The minimum Gasteiger partial charge on any atom is -0.493 e. The first-order valence-corrected chi connectivity index (χ1v) is 6.00. The van der Waals surface area contributed by atoms with Gasteiger partial charge in [-0.15, -0.1) is 0 Å². The zero-order valence-corrected chi connectivity index (χ0v) is 10.7. The van der Waals surface area contributed by atoms with Crippen molar-refractivity contribution >= 4 is 28.4 Å². The van der Waals surface area contributed by atoms with E-state index in [2.05, 4.69) is 10.5 Å². The van der Waals surface area contributed by atoms with Crippen LogP contribution in [0.15, 0.2) is 23.3 Å². The molecule has 6 heteroatoms. The lowest BCUT2D eigenvalue weighted by molar-refractivity contribution is -0.134. The van der Waals surface area contributed by atoms with Gasteiger partial charge in [0, 0.05) is 6.42 Å². The molecule has 5 nitrogen and oxygen atoms in total. The van der Waals surface area contributed by atoms with Crippen LogP contribution in [0.4, 0.5) is 5.69 Å². The Morgan fingerprint density at radius 2 is 2.44 bits per heavy atom. The van der Waals surface area contributed by atoms with Gasteiger partial charge in [0.25, 0.3) is 0 Å². The second-order valence-electron chi connectivity index (χ2n) is 3.66. The fourth-order valence-electron chi connectivity index (χ4n) is 1.61. The van der Waals surface area contributed by atoms with E-state index in [1.807, 2.05) is 18.2 Å². The van der Waals surface area contributed by atoms with Crippen molar-refractivity contribution in [3.05, 3.63) is 23.8 Å². The summed E-state index contributed by atoms with van der Waals surface area (Å²) in [5.74, 6) is 0.247. The van der Waals surface area contributed by atoms with Gasteiger partial charge in [0.1, 0.15) is 5.75 Å². The summed E-state index contributed by atoms with van der Waals surface area (Å²) in [6.07, 6.45) is 0.875. The molecule has 0 saturated heterocycles. The summed E-state index contributed by atoms with van der Waals surface area (Å²) < 4.78 is 10.1. The van der Waals surface area contributed by atoms with Crippen molar-refractivity contribution in [2.45, 2.75) is 13.3 Å². The van der Waals surface area contributed by atoms with E-state index < -0.39 is 5.97 Å². The number of hydrazone groups is 1. The van der Waals surface area contributed by atoms with Crippen molar-refractivity contribution in [2.75, 3.05) is 18.6 Å². The summed E-state index contributed by atoms with van der Waals surface area (Å²) in [5.41, 5.74) is 4.58. The van der Waals surface area contributed by atoms with Crippen LogP contribution < -0.4 is 10.2 Å². The average Bonchev–Trinajstić information content (AvgIpc) is 2.83. The molecule has 0 unspecified atom stereocenters. The number of fused-ring (bicyclic) bond motifs is 1. The molecule has 1 aliphatic rings. The molecular formula is C12H13ClN2O3. The predicted molar refractivity (Wildman–Crippen MR) is 69.2 cm³/mol. The molecule has 1 N–H and O–H groups in total. The molecule has 0 atom stereocenters. The summed E-state index contributed by atoms with van der Waals surface area (Å²) in [4.78, 5) is 11.2. The van der Waals surface area contributed by atoms with E-state index >= 15 is 0 Å². The molecule has 1 aromatic rings. The summed E-state index contributed by atoms with van der Waals surface area (Å²) in [5, 5.41) is 3.53. The van der Waals surface area contributed by atoms with Crippen LogP contribution in [0.5, 0.6) is 5.75 Å². The standard InChI is InChI=1S/C12H13ClN2O3/c1-2-17-12(16)11(13)15-14-9-3-4-10-8(7-9)5-6-18-10/h3-4,7,14H,2,5-6H2,1H3/b15-11-. The van der Waals surface area contributed by atoms with Gasteiger partial charge in [0.2, 0.25) is 5.17 Å². The van der Waals surface area contributed by atoms with Gasteiger partial charge in [-0.05, 0) is 30.7 Å². The molecular weight excluding hydrogens is 256 g/mol. The van der Waals surface area contributed by atoms with Crippen LogP contribution in [0.25, 0.3) is 0 Å². The molecule has 2 rings (SSSR count). The van der Waals surface area contributed by atoms with E-state index in [1.54, 1.807) is 6.92 Å². The maximum Gasteiger partial charge on any atom is 0.370 e. The molecule has 0 radical (unpaired) electrons. The first kappa shape index (κ1) is 12.7. The maximum atomic E-state index is 11.2. The smallest absolute Gasteiger partial charge is 0.370 e. The molecule has 0 aliphatic carbocycles. The number of halogens is 1. The summed E-state index contributed by atoms with van der Waals surface area (Å²) >= 11 is 5.67. The Bertz CT molecular complexity index is 488. The van der Waals surface area contributed by atoms with Crippen molar-refractivity contribution in [3.8, 4) is 5.75 Å². The number of hydrogen-bond donors (Lipinski definition) is 1. The minimum atomic E-state index is -0.642. The number of nitrogens with zero attached hydrogens (tertiary/aromatic N) is 1. The molecule has 0 amide bonds. The Labute approximate surface area is 110 Å². The zero-order chi connectivity index (χ0) is 13.0. The van der Waals surface area contributed by atoms with Gasteiger partial charge in [-0.3, -0.25) is 5.43 Å². The fraction of sp³-hybridized carbons (Fsp3) is 0.333. The van der Waals surface area contributed by atoms with E-state index in [4.69, 9.17) is 21.1 Å². The molecule has 0 saturated carbocycles. The number of rotatable bonds is 4. The third-order valence-corrected chi connectivity index (χ3v) is 2.66. The highest BCUT2D eigenvalue weighted by atomic mass is 35.5. The van der Waals surface area contributed by atoms with Crippen molar-refractivity contribution in [3.63, 3.8) is 0 Å². The summed E-state index contributed by atoms with van der Waals surface area (Å²) in [7, 11) is 0. The number of carbonyl (C=O) groups excluding carboxylic acids is 1. The second kappa shape index (κ2) is 5.73. The van der Waals surface area contributed by atoms with Gasteiger partial charge in [-0.25, -0.2) is 4.79 Å². The van der Waals surface area contributed by atoms with E-state index in [0.29, 0.717) is 6.61 Å². The Balaban J connectivity index is 2.01. The number of esters is 1. The molecule has 0 bridgehead atoms. The van der Waals surface area contributed by atoms with Gasteiger partial charge >= 0.3 is 5.97 Å². The molecule has 96 valence electrons. The first-order chi connectivity index (χ1) is 8.70. The molecule has 1 aromatic carbocycles. The highest BCUT2D eigenvalue weighted by molar-refractivity contribution is 6.82. The minimum absolute atomic E-state index is 0.228. The van der Waals surface area contributed by atoms with E-state index in [9.17, 15) is 4.79 Å². The molecule has 0 aromatic heterocycles. The molecule has 0 fully saturated rings. The zero-order valence-electron chi connectivity index (χ0n) is 9.90. The monoisotopic (exact) mass is 268 g/mol. The number of ether oxygens (including phenoxy) is 2. The van der Waals surface area contributed by atoms with E-state index in [0.717, 1.165) is 23.4 Å². The van der Waals surface area contributed by atoms with Gasteiger partial charge in [0.15, 0.2) is 0 Å². The maximum absolute atomic E-state index is 11.2.